The predicted octanol–water partition coefficient (Wildman–Crippen LogP) is 3.64. The summed E-state index contributed by atoms with van der Waals surface area (Å²) in [6, 6.07) is 9.92. The van der Waals surface area contributed by atoms with Gasteiger partial charge >= 0.3 is 6.61 Å². The van der Waals surface area contributed by atoms with Crippen molar-refractivity contribution in [2.45, 2.75) is 13.2 Å². The van der Waals surface area contributed by atoms with Crippen LogP contribution in [-0.4, -0.2) is 26.6 Å². The van der Waals surface area contributed by atoms with Gasteiger partial charge in [0.2, 0.25) is 0 Å². The fraction of sp³-hybridized carbons (Fsp3) is 0.133. The van der Waals surface area contributed by atoms with Gasteiger partial charge in [-0.05, 0) is 29.8 Å². The molecule has 0 aliphatic rings. The number of hydrogen-bond acceptors (Lipinski definition) is 4. The van der Waals surface area contributed by atoms with Gasteiger partial charge in [-0.25, -0.2) is 9.67 Å². The highest BCUT2D eigenvalue weighted by Crippen LogP contribution is 2.19. The largest absolute Gasteiger partial charge is 0.435 e. The predicted molar refractivity (Wildman–Crippen MR) is 80.4 cm³/mol. The SMILES string of the molecule is FC(F)Oc1cccc(Cn2cc(-c3ccc(Cl)nc3)nn2)c1. The normalized spacial score (nSPS) is 11.0. The molecule has 0 aliphatic carbocycles. The van der Waals surface area contributed by atoms with Gasteiger partial charge in [-0.2, -0.15) is 8.78 Å². The Kier molecular flexibility index (Phi) is 4.47. The lowest BCUT2D eigenvalue weighted by Gasteiger charge is -2.06. The maximum Gasteiger partial charge on any atom is 0.387 e. The first-order valence-electron chi connectivity index (χ1n) is 6.66. The van der Waals surface area contributed by atoms with Gasteiger partial charge in [0.15, 0.2) is 0 Å². The number of halogens is 3. The third-order valence-corrected chi connectivity index (χ3v) is 3.25. The fourth-order valence-electron chi connectivity index (χ4n) is 2.04. The lowest BCUT2D eigenvalue weighted by molar-refractivity contribution is -0.0498. The molecule has 0 bridgehead atoms. The van der Waals surface area contributed by atoms with Crippen molar-refractivity contribution in [3.8, 4) is 17.0 Å². The molecule has 0 unspecified atom stereocenters. The second-order valence-electron chi connectivity index (χ2n) is 4.70. The van der Waals surface area contributed by atoms with Gasteiger partial charge in [0.25, 0.3) is 0 Å². The minimum atomic E-state index is -2.85. The summed E-state index contributed by atoms with van der Waals surface area (Å²) >= 11 is 5.74. The van der Waals surface area contributed by atoms with E-state index >= 15 is 0 Å². The Morgan fingerprint density at radius 3 is 2.83 bits per heavy atom. The number of benzene rings is 1. The Bertz CT molecular complexity index is 792. The molecule has 23 heavy (non-hydrogen) atoms. The molecule has 0 fully saturated rings. The van der Waals surface area contributed by atoms with Crippen molar-refractivity contribution in [3.05, 3.63) is 59.5 Å². The molecular formula is C15H11ClF2N4O. The van der Waals surface area contributed by atoms with E-state index in [4.69, 9.17) is 11.6 Å². The summed E-state index contributed by atoms with van der Waals surface area (Å²) < 4.78 is 30.4. The molecule has 2 heterocycles. The number of rotatable bonds is 5. The Balaban J connectivity index is 1.75. The van der Waals surface area contributed by atoms with E-state index < -0.39 is 6.61 Å². The van der Waals surface area contributed by atoms with Crippen LogP contribution in [0.2, 0.25) is 5.15 Å². The first-order chi connectivity index (χ1) is 11.1. The third-order valence-electron chi connectivity index (χ3n) is 3.03. The molecular weight excluding hydrogens is 326 g/mol. The topological polar surface area (TPSA) is 52.8 Å². The molecule has 1 aromatic carbocycles. The molecule has 2 aromatic heterocycles. The molecule has 0 aliphatic heterocycles. The number of pyridine rings is 1. The molecule has 5 nitrogen and oxygen atoms in total. The Morgan fingerprint density at radius 2 is 2.09 bits per heavy atom. The minimum absolute atomic E-state index is 0.111. The number of aromatic nitrogens is 4. The Morgan fingerprint density at radius 1 is 1.22 bits per heavy atom. The van der Waals surface area contributed by atoms with Gasteiger partial charge in [0, 0.05) is 11.8 Å². The van der Waals surface area contributed by atoms with Crippen LogP contribution < -0.4 is 4.74 Å². The van der Waals surface area contributed by atoms with Crippen LogP contribution in [0.4, 0.5) is 8.78 Å². The van der Waals surface area contributed by atoms with Crippen molar-refractivity contribution >= 4 is 11.6 Å². The number of ether oxygens (including phenoxy) is 1. The van der Waals surface area contributed by atoms with E-state index in [0.29, 0.717) is 17.4 Å². The van der Waals surface area contributed by atoms with E-state index in [-0.39, 0.29) is 5.75 Å². The molecule has 0 amide bonds. The maximum atomic E-state index is 12.2. The molecule has 0 spiro atoms. The number of hydrogen-bond donors (Lipinski definition) is 0. The number of nitrogens with zero attached hydrogens (tertiary/aromatic N) is 4. The highest BCUT2D eigenvalue weighted by atomic mass is 35.5. The van der Waals surface area contributed by atoms with Crippen molar-refractivity contribution in [2.75, 3.05) is 0 Å². The molecule has 0 saturated heterocycles. The second-order valence-corrected chi connectivity index (χ2v) is 5.08. The summed E-state index contributed by atoms with van der Waals surface area (Å²) in [6.45, 7) is -2.46. The Labute approximate surface area is 135 Å². The lowest BCUT2D eigenvalue weighted by Crippen LogP contribution is -2.04. The fourth-order valence-corrected chi connectivity index (χ4v) is 2.15. The summed E-state index contributed by atoms with van der Waals surface area (Å²) in [4.78, 5) is 3.99. The van der Waals surface area contributed by atoms with Crippen molar-refractivity contribution in [2.24, 2.45) is 0 Å². The van der Waals surface area contributed by atoms with Crippen molar-refractivity contribution in [3.63, 3.8) is 0 Å². The van der Waals surface area contributed by atoms with E-state index in [9.17, 15) is 8.78 Å². The van der Waals surface area contributed by atoms with Gasteiger partial charge in [-0.15, -0.1) is 5.10 Å². The average Bonchev–Trinajstić information content (AvgIpc) is 2.96. The standard InChI is InChI=1S/C15H11ClF2N4O/c16-14-5-4-11(7-19-14)13-9-22(21-20-13)8-10-2-1-3-12(6-10)23-15(17)18/h1-7,9,15H,8H2. The van der Waals surface area contributed by atoms with E-state index in [2.05, 4.69) is 20.0 Å². The molecule has 0 N–H and O–H groups in total. The van der Waals surface area contributed by atoms with Crippen LogP contribution in [-0.2, 0) is 6.54 Å². The van der Waals surface area contributed by atoms with Gasteiger partial charge in [0.05, 0.1) is 12.7 Å². The van der Waals surface area contributed by atoms with Crippen LogP contribution in [0, 0.1) is 0 Å². The highest BCUT2D eigenvalue weighted by molar-refractivity contribution is 6.29. The van der Waals surface area contributed by atoms with E-state index in [1.807, 2.05) is 0 Å². The zero-order valence-corrected chi connectivity index (χ0v) is 12.5. The molecule has 0 atom stereocenters. The van der Waals surface area contributed by atoms with Crippen LogP contribution in [0.5, 0.6) is 5.75 Å². The van der Waals surface area contributed by atoms with Gasteiger partial charge in [-0.3, -0.25) is 0 Å². The summed E-state index contributed by atoms with van der Waals surface area (Å²) in [6.07, 6.45) is 3.35. The smallest absolute Gasteiger partial charge is 0.387 e. The zero-order chi connectivity index (χ0) is 16.2. The maximum absolute atomic E-state index is 12.2. The molecule has 3 rings (SSSR count). The van der Waals surface area contributed by atoms with Crippen LogP contribution in [0.3, 0.4) is 0 Å². The van der Waals surface area contributed by atoms with Crippen LogP contribution in [0.25, 0.3) is 11.3 Å². The molecule has 8 heteroatoms. The highest BCUT2D eigenvalue weighted by Gasteiger charge is 2.07. The van der Waals surface area contributed by atoms with Crippen molar-refractivity contribution in [1.82, 2.24) is 20.0 Å². The number of alkyl halides is 2. The van der Waals surface area contributed by atoms with Crippen LogP contribution >= 0.6 is 11.6 Å². The molecule has 0 radical (unpaired) electrons. The van der Waals surface area contributed by atoms with E-state index in [1.54, 1.807) is 41.3 Å². The van der Waals surface area contributed by atoms with E-state index in [0.717, 1.165) is 11.1 Å². The first kappa shape index (κ1) is 15.4. The van der Waals surface area contributed by atoms with Crippen LogP contribution in [0.1, 0.15) is 5.56 Å². The summed E-state index contributed by atoms with van der Waals surface area (Å²) in [5, 5.41) is 8.48. The van der Waals surface area contributed by atoms with E-state index in [1.165, 1.54) is 12.1 Å². The lowest BCUT2D eigenvalue weighted by atomic mass is 10.2. The third kappa shape index (κ3) is 4.01. The average molecular weight is 337 g/mol. The minimum Gasteiger partial charge on any atom is -0.435 e. The zero-order valence-electron chi connectivity index (χ0n) is 11.7. The monoisotopic (exact) mass is 336 g/mol. The van der Waals surface area contributed by atoms with Gasteiger partial charge in [0.1, 0.15) is 16.6 Å². The van der Waals surface area contributed by atoms with Crippen LogP contribution in [0.15, 0.2) is 48.8 Å². The summed E-state index contributed by atoms with van der Waals surface area (Å²) in [5.74, 6) is 0.111. The second kappa shape index (κ2) is 6.70. The molecule has 3 aromatic rings. The Hall–Kier alpha value is -2.54. The van der Waals surface area contributed by atoms with Gasteiger partial charge in [-0.1, -0.05) is 28.9 Å². The van der Waals surface area contributed by atoms with Crippen molar-refractivity contribution < 1.29 is 13.5 Å². The molecule has 0 saturated carbocycles. The first-order valence-corrected chi connectivity index (χ1v) is 7.04. The van der Waals surface area contributed by atoms with Crippen molar-refractivity contribution in [1.29, 1.82) is 0 Å². The summed E-state index contributed by atoms with van der Waals surface area (Å²) in [7, 11) is 0. The summed E-state index contributed by atoms with van der Waals surface area (Å²) in [5.41, 5.74) is 2.21. The van der Waals surface area contributed by atoms with Gasteiger partial charge < -0.3 is 4.74 Å². The molecule has 118 valence electrons. The quantitative estimate of drug-likeness (QED) is 0.667.